The highest BCUT2D eigenvalue weighted by molar-refractivity contribution is 14.0. The fraction of sp³-hybridized carbons (Fsp3) is 0.652. The molecule has 30 heavy (non-hydrogen) atoms. The lowest BCUT2D eigenvalue weighted by molar-refractivity contribution is -0.146. The van der Waals surface area contributed by atoms with Gasteiger partial charge in [0.15, 0.2) is 5.96 Å². The molecule has 6 nitrogen and oxygen atoms in total. The van der Waals surface area contributed by atoms with Gasteiger partial charge in [-0.1, -0.05) is 25.0 Å². The zero-order chi connectivity index (χ0) is 20.7. The first-order valence-electron chi connectivity index (χ1n) is 10.9. The number of carbonyl (C=O) groups excluding carboxylic acids is 1. The highest BCUT2D eigenvalue weighted by Gasteiger charge is 2.36. The van der Waals surface area contributed by atoms with Gasteiger partial charge >= 0.3 is 5.97 Å². The van der Waals surface area contributed by atoms with E-state index in [0.717, 1.165) is 63.6 Å². The number of hydrogen-bond donors (Lipinski definition) is 1. The summed E-state index contributed by atoms with van der Waals surface area (Å²) in [4.78, 5) is 19.2. The molecule has 1 aromatic rings. The molecule has 1 aliphatic carbocycles. The monoisotopic (exact) mass is 529 g/mol. The largest absolute Gasteiger partial charge is 0.497 e. The van der Waals surface area contributed by atoms with Gasteiger partial charge in [-0.05, 0) is 50.3 Å². The summed E-state index contributed by atoms with van der Waals surface area (Å²) in [5.41, 5.74) is 1.41. The SMILES string of the molecule is CCNC(=NCC1(c2cccc(OC)c2)CCCC1)N1CCC(C(=O)OC)CC1.I. The van der Waals surface area contributed by atoms with Gasteiger partial charge in [-0.15, -0.1) is 24.0 Å². The van der Waals surface area contributed by atoms with E-state index in [-0.39, 0.29) is 41.3 Å². The summed E-state index contributed by atoms with van der Waals surface area (Å²) in [6.07, 6.45) is 6.44. The van der Waals surface area contributed by atoms with Crippen LogP contribution < -0.4 is 10.1 Å². The normalized spacial score (nSPS) is 19.2. The van der Waals surface area contributed by atoms with Crippen LogP contribution in [0.15, 0.2) is 29.3 Å². The van der Waals surface area contributed by atoms with Crippen LogP contribution in [-0.4, -0.2) is 57.2 Å². The van der Waals surface area contributed by atoms with Gasteiger partial charge in [0.05, 0.1) is 26.7 Å². The third-order valence-corrected chi connectivity index (χ3v) is 6.44. The van der Waals surface area contributed by atoms with Crippen molar-refractivity contribution in [2.45, 2.75) is 50.9 Å². The number of likely N-dealkylation sites (tertiary alicyclic amines) is 1. The van der Waals surface area contributed by atoms with Crippen molar-refractivity contribution in [2.75, 3.05) is 40.4 Å². The molecule has 1 saturated heterocycles. The zero-order valence-electron chi connectivity index (χ0n) is 18.5. The van der Waals surface area contributed by atoms with E-state index in [2.05, 4.69) is 35.3 Å². The van der Waals surface area contributed by atoms with Gasteiger partial charge < -0.3 is 19.7 Å². The standard InChI is InChI=1S/C23H35N3O3.HI/c1-4-24-22(26-14-10-18(11-15-26)21(27)29-3)25-17-23(12-5-6-13-23)19-8-7-9-20(16-19)28-2;/h7-9,16,18H,4-6,10-15,17H2,1-3H3,(H,24,25);1H. The lowest BCUT2D eigenvalue weighted by atomic mass is 9.79. The number of nitrogens with one attached hydrogen (secondary N) is 1. The van der Waals surface area contributed by atoms with Gasteiger partial charge in [0.2, 0.25) is 0 Å². The Hall–Kier alpha value is -1.51. The molecule has 7 heteroatoms. The van der Waals surface area contributed by atoms with Gasteiger partial charge in [-0.2, -0.15) is 0 Å². The minimum Gasteiger partial charge on any atom is -0.497 e. The number of ether oxygens (including phenoxy) is 2. The van der Waals surface area contributed by atoms with Crippen LogP contribution in [0.25, 0.3) is 0 Å². The molecule has 0 amide bonds. The fourth-order valence-corrected chi connectivity index (χ4v) is 4.69. The maximum atomic E-state index is 11.8. The number of guanidine groups is 1. The number of hydrogen-bond acceptors (Lipinski definition) is 4. The van der Waals surface area contributed by atoms with Gasteiger partial charge in [-0.25, -0.2) is 0 Å². The van der Waals surface area contributed by atoms with Crippen molar-refractivity contribution < 1.29 is 14.3 Å². The number of rotatable bonds is 6. The molecule has 1 aliphatic heterocycles. The number of carbonyl (C=O) groups is 1. The number of esters is 1. The predicted molar refractivity (Wildman–Crippen MR) is 131 cm³/mol. The Morgan fingerprint density at radius 3 is 2.53 bits per heavy atom. The summed E-state index contributed by atoms with van der Waals surface area (Å²) >= 11 is 0. The van der Waals surface area contributed by atoms with Gasteiger partial charge in [0.1, 0.15) is 5.75 Å². The quantitative estimate of drug-likeness (QED) is 0.262. The van der Waals surface area contributed by atoms with E-state index in [1.165, 1.54) is 25.5 Å². The van der Waals surface area contributed by atoms with Crippen molar-refractivity contribution in [3.63, 3.8) is 0 Å². The molecule has 1 aromatic carbocycles. The lowest BCUT2D eigenvalue weighted by Gasteiger charge is -2.34. The Kier molecular flexibility index (Phi) is 9.71. The van der Waals surface area contributed by atoms with Crippen molar-refractivity contribution in [3.05, 3.63) is 29.8 Å². The first kappa shape index (κ1) is 24.8. The number of nitrogens with zero attached hydrogens (tertiary/aromatic N) is 2. The van der Waals surface area contributed by atoms with E-state index in [9.17, 15) is 4.79 Å². The summed E-state index contributed by atoms with van der Waals surface area (Å²) in [5, 5.41) is 3.46. The van der Waals surface area contributed by atoms with Crippen LogP contribution in [0.5, 0.6) is 5.75 Å². The minimum absolute atomic E-state index is 0. The summed E-state index contributed by atoms with van der Waals surface area (Å²) in [7, 11) is 3.19. The van der Waals surface area contributed by atoms with Crippen LogP contribution >= 0.6 is 24.0 Å². The molecule has 1 heterocycles. The molecule has 2 aliphatic rings. The number of methoxy groups -OCH3 is 2. The summed E-state index contributed by atoms with van der Waals surface area (Å²) in [5.74, 6) is 1.80. The van der Waals surface area contributed by atoms with Crippen LogP contribution in [0.2, 0.25) is 0 Å². The van der Waals surface area contributed by atoms with Crippen molar-refractivity contribution in [2.24, 2.45) is 10.9 Å². The number of aliphatic imine (C=N–C) groups is 1. The van der Waals surface area contributed by atoms with Crippen molar-refractivity contribution >= 4 is 35.9 Å². The van der Waals surface area contributed by atoms with Crippen LogP contribution in [0.4, 0.5) is 0 Å². The average Bonchev–Trinajstić information content (AvgIpc) is 3.26. The molecular weight excluding hydrogens is 493 g/mol. The third-order valence-electron chi connectivity index (χ3n) is 6.44. The van der Waals surface area contributed by atoms with Crippen LogP contribution in [0.3, 0.4) is 0 Å². The molecule has 0 bridgehead atoms. The van der Waals surface area contributed by atoms with E-state index in [1.54, 1.807) is 7.11 Å². The molecule has 0 spiro atoms. The Morgan fingerprint density at radius 1 is 1.23 bits per heavy atom. The maximum absolute atomic E-state index is 11.8. The smallest absolute Gasteiger partial charge is 0.308 e. The first-order valence-corrected chi connectivity index (χ1v) is 10.9. The molecule has 0 atom stereocenters. The van der Waals surface area contributed by atoms with Crippen molar-refractivity contribution in [3.8, 4) is 5.75 Å². The molecule has 168 valence electrons. The van der Waals surface area contributed by atoms with Crippen molar-refractivity contribution in [1.82, 2.24) is 10.2 Å². The van der Waals surface area contributed by atoms with Crippen LogP contribution in [0.1, 0.15) is 51.0 Å². The number of piperidine rings is 1. The van der Waals surface area contributed by atoms with E-state index in [0.29, 0.717) is 0 Å². The van der Waals surface area contributed by atoms with Crippen LogP contribution in [0, 0.1) is 5.92 Å². The Balaban J connectivity index is 0.00000320. The lowest BCUT2D eigenvalue weighted by Crippen LogP contribution is -2.47. The Bertz CT molecular complexity index is 711. The zero-order valence-corrected chi connectivity index (χ0v) is 20.8. The summed E-state index contributed by atoms with van der Waals surface area (Å²) in [6, 6.07) is 8.49. The molecule has 0 aromatic heterocycles. The molecule has 1 saturated carbocycles. The predicted octanol–water partition coefficient (Wildman–Crippen LogP) is 3.98. The second-order valence-electron chi connectivity index (χ2n) is 8.17. The first-order chi connectivity index (χ1) is 14.1. The molecule has 3 rings (SSSR count). The summed E-state index contributed by atoms with van der Waals surface area (Å²) in [6.45, 7) is 5.38. The molecule has 0 unspecified atom stereocenters. The maximum Gasteiger partial charge on any atom is 0.308 e. The van der Waals surface area contributed by atoms with E-state index in [4.69, 9.17) is 14.5 Å². The minimum atomic E-state index is -0.0884. The van der Waals surface area contributed by atoms with E-state index in [1.807, 2.05) is 6.07 Å². The highest BCUT2D eigenvalue weighted by atomic mass is 127. The molecule has 2 fully saturated rings. The van der Waals surface area contributed by atoms with Gasteiger partial charge in [-0.3, -0.25) is 9.79 Å². The average molecular weight is 529 g/mol. The van der Waals surface area contributed by atoms with Gasteiger partial charge in [0.25, 0.3) is 0 Å². The molecular formula is C23H36IN3O3. The Labute approximate surface area is 197 Å². The van der Waals surface area contributed by atoms with Gasteiger partial charge in [0, 0.05) is 25.0 Å². The summed E-state index contributed by atoms with van der Waals surface area (Å²) < 4.78 is 10.4. The van der Waals surface area contributed by atoms with E-state index < -0.39 is 0 Å². The fourth-order valence-electron chi connectivity index (χ4n) is 4.69. The second-order valence-corrected chi connectivity index (χ2v) is 8.17. The number of benzene rings is 1. The topological polar surface area (TPSA) is 63.2 Å². The second kappa shape index (κ2) is 11.8. The van der Waals surface area contributed by atoms with E-state index >= 15 is 0 Å². The molecule has 0 radical (unpaired) electrons. The third kappa shape index (κ3) is 5.80. The Morgan fingerprint density at radius 2 is 1.93 bits per heavy atom. The molecule has 1 N–H and O–H groups in total. The van der Waals surface area contributed by atoms with Crippen LogP contribution in [-0.2, 0) is 14.9 Å². The van der Waals surface area contributed by atoms with Crippen molar-refractivity contribution in [1.29, 1.82) is 0 Å². The number of halogens is 1. The highest BCUT2D eigenvalue weighted by Crippen LogP contribution is 2.42.